The Morgan fingerprint density at radius 1 is 0.672 bits per heavy atom. The van der Waals surface area contributed by atoms with Crippen LogP contribution in [0.15, 0.2) is 120 Å². The monoisotopic (exact) mass is 822 g/mol. The number of aromatic amines is 1. The quantitative estimate of drug-likeness (QED) is 0.149. The molecule has 2 fully saturated rings. The maximum Gasteiger partial charge on any atom is 0.260 e. The summed E-state index contributed by atoms with van der Waals surface area (Å²) in [6.07, 6.45) is 5.12. The van der Waals surface area contributed by atoms with Gasteiger partial charge in [0.15, 0.2) is 13.2 Å². The van der Waals surface area contributed by atoms with Gasteiger partial charge in [-0.2, -0.15) is 10.5 Å². The Morgan fingerprint density at radius 3 is 1.77 bits per heavy atom. The minimum absolute atomic E-state index is 0.0384. The van der Waals surface area contributed by atoms with E-state index in [-0.39, 0.29) is 42.2 Å². The maximum absolute atomic E-state index is 13.1. The standard InChI is InChI=1S/C24H22FN3O3.C24H22FN3O2/c25-19-7-4-17(5-8-19)14-24(16-26)10-12-28(13-11-24)22(30)15-31-20-3-1-2-18-6-9-21(29)27-23(18)20;25-20-5-3-18(4-6-20)15-24(17-26)9-12-28(13-10-24)23(29)16-30-21-7-8-22-19(14-21)2-1-11-27-22/h1-9H,10-15H2,(H,27,29);1-8,11,14H,9-10,12-13,15-16H2. The van der Waals surface area contributed by atoms with Gasteiger partial charge in [-0.1, -0.05) is 42.5 Å². The highest BCUT2D eigenvalue weighted by Crippen LogP contribution is 2.36. The first kappa shape index (κ1) is 42.0. The molecule has 0 atom stereocenters. The Kier molecular flexibility index (Phi) is 13.0. The number of aromatic nitrogens is 2. The normalized spacial score (nSPS) is 15.5. The van der Waals surface area contributed by atoms with Crippen molar-refractivity contribution >= 4 is 33.6 Å². The van der Waals surface area contributed by atoms with E-state index in [9.17, 15) is 33.7 Å². The van der Waals surface area contributed by atoms with E-state index < -0.39 is 10.8 Å². The highest BCUT2D eigenvalue weighted by molar-refractivity contribution is 5.85. The van der Waals surface area contributed by atoms with Crippen LogP contribution in [0.5, 0.6) is 11.5 Å². The summed E-state index contributed by atoms with van der Waals surface area (Å²) >= 11 is 0. The SMILES string of the molecule is N#CC1(Cc2ccc(F)cc2)CCN(C(=O)COc2ccc3ncccc3c2)CC1.N#CC1(Cc2ccc(F)cc2)CCN(C(=O)COc2cccc3ccc(=O)[nH]c23)CC1. The van der Waals surface area contributed by atoms with Gasteiger partial charge in [0.05, 0.1) is 34.0 Å². The number of hydrogen-bond donors (Lipinski definition) is 1. The first-order chi connectivity index (χ1) is 29.5. The topological polar surface area (TPSA) is 152 Å². The number of carbonyl (C=O) groups is 2. The van der Waals surface area contributed by atoms with Gasteiger partial charge >= 0.3 is 0 Å². The van der Waals surface area contributed by atoms with Crippen molar-refractivity contribution in [3.63, 3.8) is 0 Å². The van der Waals surface area contributed by atoms with Gasteiger partial charge in [-0.05, 0) is 110 Å². The number of piperidine rings is 2. The molecule has 0 aliphatic carbocycles. The van der Waals surface area contributed by atoms with Gasteiger partial charge < -0.3 is 24.3 Å². The molecular weight excluding hydrogens is 779 g/mol. The van der Waals surface area contributed by atoms with E-state index >= 15 is 0 Å². The predicted molar refractivity (Wildman–Crippen MR) is 225 cm³/mol. The number of para-hydroxylation sites is 1. The number of carbonyl (C=O) groups excluding carboxylic acids is 2. The molecule has 4 heterocycles. The van der Waals surface area contributed by atoms with Crippen LogP contribution in [0.3, 0.4) is 0 Å². The number of amides is 2. The van der Waals surface area contributed by atoms with Crippen molar-refractivity contribution in [1.82, 2.24) is 19.8 Å². The second-order valence-electron chi connectivity index (χ2n) is 15.6. The van der Waals surface area contributed by atoms with Crippen LogP contribution >= 0.6 is 0 Å². The number of pyridine rings is 2. The average molecular weight is 823 g/mol. The zero-order valence-electron chi connectivity index (χ0n) is 33.5. The zero-order chi connectivity index (χ0) is 42.8. The van der Waals surface area contributed by atoms with Crippen molar-refractivity contribution in [3.8, 4) is 23.6 Å². The van der Waals surface area contributed by atoms with E-state index in [4.69, 9.17) is 9.47 Å². The van der Waals surface area contributed by atoms with Gasteiger partial charge in [0.2, 0.25) is 5.56 Å². The molecule has 4 aromatic carbocycles. The van der Waals surface area contributed by atoms with Crippen molar-refractivity contribution in [2.45, 2.75) is 38.5 Å². The minimum Gasteiger partial charge on any atom is -0.484 e. The molecule has 2 aromatic heterocycles. The number of nitriles is 2. The highest BCUT2D eigenvalue weighted by Gasteiger charge is 2.37. The van der Waals surface area contributed by atoms with Crippen LogP contribution in [0.1, 0.15) is 36.8 Å². The molecule has 11 nitrogen and oxygen atoms in total. The number of benzene rings is 4. The largest absolute Gasteiger partial charge is 0.484 e. The number of fused-ring (bicyclic) bond motifs is 2. The molecule has 0 spiro atoms. The Balaban J connectivity index is 0.000000184. The molecule has 0 bridgehead atoms. The van der Waals surface area contributed by atoms with Crippen LogP contribution in [0.2, 0.25) is 0 Å². The molecule has 0 saturated carbocycles. The Labute approximate surface area is 351 Å². The number of rotatable bonds is 10. The Morgan fingerprint density at radius 2 is 1.21 bits per heavy atom. The number of halogens is 2. The van der Waals surface area contributed by atoms with E-state index in [0.29, 0.717) is 81.7 Å². The molecule has 2 amide bonds. The molecular formula is C48H44F2N6O5. The molecule has 61 heavy (non-hydrogen) atoms. The lowest BCUT2D eigenvalue weighted by Crippen LogP contribution is -2.45. The third kappa shape index (κ3) is 10.6. The Hall–Kier alpha value is -7.12. The van der Waals surface area contributed by atoms with Gasteiger partial charge in [-0.15, -0.1) is 0 Å². The number of ether oxygens (including phenoxy) is 2. The summed E-state index contributed by atoms with van der Waals surface area (Å²) in [5.41, 5.74) is 1.96. The van der Waals surface area contributed by atoms with Crippen LogP contribution in [0.4, 0.5) is 8.78 Å². The van der Waals surface area contributed by atoms with E-state index in [2.05, 4.69) is 22.1 Å². The lowest BCUT2D eigenvalue weighted by Gasteiger charge is -2.37. The van der Waals surface area contributed by atoms with Gasteiger partial charge in [-0.25, -0.2) is 8.78 Å². The fourth-order valence-corrected chi connectivity index (χ4v) is 7.89. The lowest BCUT2D eigenvalue weighted by atomic mass is 9.75. The van der Waals surface area contributed by atoms with E-state index in [1.807, 2.05) is 36.4 Å². The fourth-order valence-electron chi connectivity index (χ4n) is 7.89. The second-order valence-corrected chi connectivity index (χ2v) is 15.6. The predicted octanol–water partition coefficient (Wildman–Crippen LogP) is 7.55. The first-order valence-electron chi connectivity index (χ1n) is 20.1. The Bertz CT molecular complexity index is 2640. The fraction of sp³-hybridized carbons (Fsp3) is 0.292. The van der Waals surface area contributed by atoms with Gasteiger partial charge in [0.1, 0.15) is 23.1 Å². The molecule has 8 rings (SSSR count). The number of hydrogen-bond acceptors (Lipinski definition) is 8. The number of likely N-dealkylation sites (tertiary alicyclic amines) is 2. The summed E-state index contributed by atoms with van der Waals surface area (Å²) in [4.78, 5) is 47.4. The van der Waals surface area contributed by atoms with Crippen LogP contribution in [-0.2, 0) is 22.4 Å². The van der Waals surface area contributed by atoms with Gasteiger partial charge in [-0.3, -0.25) is 19.4 Å². The summed E-state index contributed by atoms with van der Waals surface area (Å²) in [5.74, 6) is 0.239. The summed E-state index contributed by atoms with van der Waals surface area (Å²) in [6, 6.07) is 35.2. The summed E-state index contributed by atoms with van der Waals surface area (Å²) in [7, 11) is 0. The molecule has 0 radical (unpaired) electrons. The van der Waals surface area contributed by atoms with E-state index in [1.54, 1.807) is 58.5 Å². The molecule has 2 saturated heterocycles. The van der Waals surface area contributed by atoms with Crippen LogP contribution in [0, 0.1) is 45.1 Å². The first-order valence-corrected chi connectivity index (χ1v) is 20.1. The van der Waals surface area contributed by atoms with Gasteiger partial charge in [0, 0.05) is 49.2 Å². The molecule has 0 unspecified atom stereocenters. The lowest BCUT2D eigenvalue weighted by molar-refractivity contribution is -0.136. The smallest absolute Gasteiger partial charge is 0.260 e. The number of nitrogens with one attached hydrogen (secondary N) is 1. The third-order valence-corrected chi connectivity index (χ3v) is 11.5. The molecule has 2 aliphatic rings. The van der Waals surface area contributed by atoms with Crippen LogP contribution in [-0.4, -0.2) is 71.0 Å². The van der Waals surface area contributed by atoms with E-state index in [1.165, 1.54) is 30.3 Å². The molecule has 310 valence electrons. The number of nitrogens with zero attached hydrogens (tertiary/aromatic N) is 5. The van der Waals surface area contributed by atoms with Crippen molar-refractivity contribution in [3.05, 3.63) is 149 Å². The molecule has 13 heteroatoms. The molecule has 6 aromatic rings. The summed E-state index contributed by atoms with van der Waals surface area (Å²) < 4.78 is 37.7. The molecule has 1 N–H and O–H groups in total. The number of H-pyrrole nitrogens is 1. The minimum atomic E-state index is -0.565. The van der Waals surface area contributed by atoms with Crippen molar-refractivity contribution in [2.24, 2.45) is 10.8 Å². The van der Waals surface area contributed by atoms with Gasteiger partial charge in [0.25, 0.3) is 11.8 Å². The maximum atomic E-state index is 13.1. The van der Waals surface area contributed by atoms with Crippen molar-refractivity contribution in [1.29, 1.82) is 10.5 Å². The highest BCUT2D eigenvalue weighted by atomic mass is 19.1. The average Bonchev–Trinajstić information content (AvgIpc) is 3.29. The van der Waals surface area contributed by atoms with Crippen LogP contribution in [0.25, 0.3) is 21.8 Å². The van der Waals surface area contributed by atoms with Crippen molar-refractivity contribution in [2.75, 3.05) is 39.4 Å². The summed E-state index contributed by atoms with van der Waals surface area (Å²) in [5, 5.41) is 21.3. The summed E-state index contributed by atoms with van der Waals surface area (Å²) in [6.45, 7) is 1.76. The second kappa shape index (κ2) is 18.9. The van der Waals surface area contributed by atoms with Crippen molar-refractivity contribution < 1.29 is 27.8 Å². The third-order valence-electron chi connectivity index (χ3n) is 11.5. The molecule has 2 aliphatic heterocycles. The van der Waals surface area contributed by atoms with Crippen LogP contribution < -0.4 is 15.0 Å². The van der Waals surface area contributed by atoms with E-state index in [0.717, 1.165) is 27.4 Å². The zero-order valence-corrected chi connectivity index (χ0v) is 33.5.